The highest BCUT2D eigenvalue weighted by Crippen LogP contribution is 2.64. The number of phosphoric acid groups is 1. The highest BCUT2D eigenvalue weighted by atomic mass is 31.2. The average Bonchev–Trinajstić information content (AvgIpc) is 3.09. The van der Waals surface area contributed by atoms with Crippen molar-refractivity contribution < 1.29 is 52.6 Å². The summed E-state index contributed by atoms with van der Waals surface area (Å²) >= 11 is 0. The molecule has 0 aliphatic heterocycles. The normalized spacial score (nSPS) is 16.2. The zero-order valence-corrected chi connectivity index (χ0v) is 39.6. The molecule has 336 valence electrons. The van der Waals surface area contributed by atoms with Gasteiger partial charge in [0.1, 0.15) is 6.61 Å². The van der Waals surface area contributed by atoms with E-state index in [-0.39, 0.29) is 49.7 Å². The van der Waals surface area contributed by atoms with Crippen LogP contribution in [0.1, 0.15) is 135 Å². The van der Waals surface area contributed by atoms with Crippen LogP contribution in [0.15, 0.2) is 18.2 Å². The molecule has 3 unspecified atom stereocenters. The number of phenolic OH excluding ortho intramolecular Hbond substituents is 2. The number of phenols is 2. The lowest BCUT2D eigenvalue weighted by atomic mass is 9.44. The van der Waals surface area contributed by atoms with Crippen LogP contribution in [0, 0.1) is 37.9 Å². The molecule has 0 saturated carbocycles. The van der Waals surface area contributed by atoms with Crippen LogP contribution in [0.25, 0.3) is 0 Å². The van der Waals surface area contributed by atoms with Crippen LogP contribution in [0.3, 0.4) is 0 Å². The quantitative estimate of drug-likeness (QED) is 0.0302. The SMILES string of the molecule is CCCCOC(=O)C(C)(C)CC(C)(C)C(C)(C)C(C)(CC(C)(C)C(C)(C)C(C)(CC)C(=O)OCCOP(=O)(O)OCCN(C)C)C(=O)NCCc1ccc(O)c(O)c1. The Bertz CT molecular complexity index is 1570. The summed E-state index contributed by atoms with van der Waals surface area (Å²) in [4.78, 5) is 54.2. The number of carbonyl (C=O) groups excluding carboxylic acids is 3. The molecule has 1 aromatic carbocycles. The van der Waals surface area contributed by atoms with Gasteiger partial charge >= 0.3 is 19.8 Å². The van der Waals surface area contributed by atoms with Crippen LogP contribution in [0.5, 0.6) is 11.5 Å². The van der Waals surface area contributed by atoms with Gasteiger partial charge in [-0.3, -0.25) is 23.4 Å². The number of amides is 1. The molecule has 4 N–H and O–H groups in total. The number of phosphoric ester groups is 1. The number of benzene rings is 1. The molecule has 58 heavy (non-hydrogen) atoms. The van der Waals surface area contributed by atoms with Crippen molar-refractivity contribution in [2.75, 3.05) is 53.6 Å². The Labute approximate surface area is 349 Å². The fourth-order valence-corrected chi connectivity index (χ4v) is 8.68. The van der Waals surface area contributed by atoms with Crippen molar-refractivity contribution >= 4 is 25.7 Å². The fourth-order valence-electron chi connectivity index (χ4n) is 7.99. The molecule has 3 atom stereocenters. The lowest BCUT2D eigenvalue weighted by Crippen LogP contribution is -2.59. The lowest BCUT2D eigenvalue weighted by Gasteiger charge is -2.59. The van der Waals surface area contributed by atoms with E-state index in [0.717, 1.165) is 18.4 Å². The molecule has 14 heteroatoms. The summed E-state index contributed by atoms with van der Waals surface area (Å²) in [5.74, 6) is -1.43. The molecule has 0 aliphatic rings. The third-order valence-corrected chi connectivity index (χ3v) is 14.9. The van der Waals surface area contributed by atoms with Crippen molar-refractivity contribution in [1.82, 2.24) is 10.2 Å². The van der Waals surface area contributed by atoms with E-state index in [4.69, 9.17) is 18.5 Å². The Morgan fingerprint density at radius 2 is 1.26 bits per heavy atom. The number of carbonyl (C=O) groups is 3. The number of nitrogens with one attached hydrogen (secondary N) is 1. The van der Waals surface area contributed by atoms with Gasteiger partial charge in [0.25, 0.3) is 0 Å². The van der Waals surface area contributed by atoms with Gasteiger partial charge in [0.2, 0.25) is 5.91 Å². The van der Waals surface area contributed by atoms with E-state index in [1.165, 1.54) is 12.1 Å². The van der Waals surface area contributed by atoms with Crippen LogP contribution in [-0.2, 0) is 43.9 Å². The Kier molecular flexibility index (Phi) is 19.0. The van der Waals surface area contributed by atoms with Gasteiger partial charge in [-0.15, -0.1) is 0 Å². The van der Waals surface area contributed by atoms with Crippen molar-refractivity contribution in [2.24, 2.45) is 37.9 Å². The van der Waals surface area contributed by atoms with Crippen molar-refractivity contribution in [1.29, 1.82) is 0 Å². The third-order valence-electron chi connectivity index (χ3n) is 13.9. The summed E-state index contributed by atoms with van der Waals surface area (Å²) in [7, 11) is -0.721. The summed E-state index contributed by atoms with van der Waals surface area (Å²) in [6.07, 6.45) is 3.26. The van der Waals surface area contributed by atoms with E-state index in [1.807, 2.05) is 69.5 Å². The Morgan fingerprint density at radius 3 is 1.79 bits per heavy atom. The number of nitrogens with zero attached hydrogens (tertiary/aromatic N) is 1. The van der Waals surface area contributed by atoms with Gasteiger partial charge in [0.15, 0.2) is 11.5 Å². The molecule has 0 aliphatic carbocycles. The maximum Gasteiger partial charge on any atom is 0.472 e. The number of rotatable bonds is 26. The van der Waals surface area contributed by atoms with Crippen LogP contribution < -0.4 is 5.32 Å². The monoisotopic (exact) mass is 843 g/mol. The first-order chi connectivity index (χ1) is 26.3. The number of aromatic hydroxyl groups is 2. The highest BCUT2D eigenvalue weighted by Gasteiger charge is 2.62. The minimum atomic E-state index is -4.34. The molecular formula is C44H79N2O11P. The molecule has 0 spiro atoms. The maximum atomic E-state index is 14.9. The van der Waals surface area contributed by atoms with Crippen molar-refractivity contribution in [2.45, 2.75) is 135 Å². The van der Waals surface area contributed by atoms with Gasteiger partial charge in [-0.25, -0.2) is 4.57 Å². The molecule has 0 bridgehead atoms. The van der Waals surface area contributed by atoms with Gasteiger partial charge in [-0.05, 0) is 106 Å². The minimum absolute atomic E-state index is 0.00497. The maximum absolute atomic E-state index is 14.9. The fraction of sp³-hybridized carbons (Fsp3) is 0.795. The number of esters is 2. The first-order valence-electron chi connectivity index (χ1n) is 20.7. The number of likely N-dealkylation sites (N-methyl/N-ethyl adjacent to an activating group) is 1. The Hall–Kier alpha value is -2.70. The lowest BCUT2D eigenvalue weighted by molar-refractivity contribution is -0.178. The van der Waals surface area contributed by atoms with Gasteiger partial charge in [-0.2, -0.15) is 0 Å². The molecule has 0 heterocycles. The van der Waals surface area contributed by atoms with Gasteiger partial charge < -0.3 is 34.8 Å². The van der Waals surface area contributed by atoms with Crippen molar-refractivity contribution in [3.05, 3.63) is 23.8 Å². The molecule has 1 aromatic rings. The molecule has 0 aromatic heterocycles. The average molecular weight is 843 g/mol. The third kappa shape index (κ3) is 13.1. The molecule has 0 fully saturated rings. The zero-order valence-electron chi connectivity index (χ0n) is 38.7. The van der Waals surface area contributed by atoms with Crippen LogP contribution >= 0.6 is 7.82 Å². The van der Waals surface area contributed by atoms with Crippen molar-refractivity contribution in [3.63, 3.8) is 0 Å². The van der Waals surface area contributed by atoms with E-state index < -0.39 is 51.7 Å². The Morgan fingerprint density at radius 1 is 0.724 bits per heavy atom. The van der Waals surface area contributed by atoms with E-state index in [9.17, 15) is 34.1 Å². The second-order valence-electron chi connectivity index (χ2n) is 19.7. The highest BCUT2D eigenvalue weighted by molar-refractivity contribution is 7.47. The van der Waals surface area contributed by atoms with Crippen LogP contribution in [0.4, 0.5) is 0 Å². The number of hydrogen-bond donors (Lipinski definition) is 4. The van der Waals surface area contributed by atoms with Crippen LogP contribution in [-0.4, -0.2) is 91.5 Å². The molecule has 1 rings (SSSR count). The predicted molar refractivity (Wildman–Crippen MR) is 228 cm³/mol. The Balaban J connectivity index is 3.55. The molecule has 13 nitrogen and oxygen atoms in total. The number of hydrogen-bond acceptors (Lipinski definition) is 11. The predicted octanol–water partition coefficient (Wildman–Crippen LogP) is 8.67. The van der Waals surface area contributed by atoms with Crippen LogP contribution in [0.2, 0.25) is 0 Å². The van der Waals surface area contributed by atoms with Gasteiger partial charge in [-0.1, -0.05) is 88.6 Å². The number of unbranched alkanes of at least 4 members (excludes halogenated alkanes) is 1. The van der Waals surface area contributed by atoms with Gasteiger partial charge in [0.05, 0.1) is 36.1 Å². The second-order valence-corrected chi connectivity index (χ2v) is 21.1. The number of ether oxygens (including phenoxy) is 2. The summed E-state index contributed by atoms with van der Waals surface area (Å²) < 4.78 is 33.8. The zero-order chi connectivity index (χ0) is 45.2. The largest absolute Gasteiger partial charge is 0.504 e. The molecule has 0 radical (unpaired) electrons. The van der Waals surface area contributed by atoms with Gasteiger partial charge in [0, 0.05) is 13.1 Å². The summed E-state index contributed by atoms with van der Waals surface area (Å²) in [6, 6.07) is 4.58. The second kappa shape index (κ2) is 20.7. The standard InChI is InChI=1S/C44H79N2O11P/c1-17-19-25-54-36(50)38(3,4)30-39(5,6)42(11,12)44(14,35(49)45-23-22-32-20-21-33(47)34(48)29-32)31-40(7,8)41(9,10)43(13,18-2)37(51)55-27-28-57-58(52,53)56-26-24-46(15)16/h20-21,29,47-48H,17-19,22-28,30-31H2,1-16H3,(H,45,49)(H,52,53). The summed E-state index contributed by atoms with van der Waals surface area (Å²) in [5, 5.41) is 23.0. The topological polar surface area (TPSA) is 181 Å². The van der Waals surface area contributed by atoms with E-state index in [1.54, 1.807) is 11.0 Å². The molecule has 1 amide bonds. The van der Waals surface area contributed by atoms with E-state index in [0.29, 0.717) is 38.8 Å². The smallest absolute Gasteiger partial charge is 0.472 e. The van der Waals surface area contributed by atoms with Crippen molar-refractivity contribution in [3.8, 4) is 11.5 Å². The minimum Gasteiger partial charge on any atom is -0.504 e. The van der Waals surface area contributed by atoms with E-state index in [2.05, 4.69) is 46.9 Å². The molecular weight excluding hydrogens is 763 g/mol. The summed E-state index contributed by atoms with van der Waals surface area (Å²) in [5.41, 5.74) is -5.12. The first kappa shape index (κ1) is 53.3. The summed E-state index contributed by atoms with van der Waals surface area (Å²) in [6.45, 7) is 28.5. The molecule has 0 saturated heterocycles. The van der Waals surface area contributed by atoms with E-state index >= 15 is 0 Å². The first-order valence-corrected chi connectivity index (χ1v) is 22.2.